The van der Waals surface area contributed by atoms with Crippen LogP contribution in [0, 0.1) is 0 Å². The Bertz CT molecular complexity index is 28.0. The van der Waals surface area contributed by atoms with Crippen molar-refractivity contribution in [3.05, 3.63) is 0 Å². The fraction of sp³-hybridized carbons (Fsp3) is 0. The van der Waals surface area contributed by atoms with Crippen LogP contribution in [0.5, 0.6) is 0 Å². The monoisotopic (exact) mass is 194 g/mol. The molecule has 0 spiro atoms. The first kappa shape index (κ1) is 7.02. The molecule has 1 N–H and O–H groups in total. The molecular formula is HAsCl2O3. The zero-order valence-corrected chi connectivity index (χ0v) is 5.86. The summed E-state index contributed by atoms with van der Waals surface area (Å²) in [4.78, 5) is 0. The van der Waals surface area contributed by atoms with E-state index >= 15 is 0 Å². The third-order valence-corrected chi connectivity index (χ3v) is 1.84. The van der Waals surface area contributed by atoms with E-state index in [0.717, 1.165) is 0 Å². The summed E-state index contributed by atoms with van der Waals surface area (Å²) in [6.07, 6.45) is 0. The molecule has 0 radical (unpaired) electrons. The quantitative estimate of drug-likeness (QED) is 0.644. The topological polar surface area (TPSA) is 38.7 Å². The molecule has 0 heterocycles. The molecule has 0 rings (SSSR count). The molecule has 0 aromatic carbocycles. The van der Waals surface area contributed by atoms with Crippen molar-refractivity contribution in [2.24, 2.45) is 0 Å². The Morgan fingerprint density at radius 3 is 1.67 bits per heavy atom. The summed E-state index contributed by atoms with van der Waals surface area (Å²) in [7, 11) is 0. The van der Waals surface area contributed by atoms with Crippen molar-refractivity contribution in [1.29, 1.82) is 0 Å². The molecule has 0 unspecified atom stereocenters. The summed E-state index contributed by atoms with van der Waals surface area (Å²) in [5.74, 6) is 0. The predicted molar refractivity (Wildman–Crippen MR) is 21.8 cm³/mol. The van der Waals surface area contributed by atoms with Crippen molar-refractivity contribution in [1.82, 2.24) is 0 Å². The van der Waals surface area contributed by atoms with Crippen molar-refractivity contribution >= 4 is 39.4 Å². The second-order valence-electron chi connectivity index (χ2n) is 0.376. The van der Waals surface area contributed by atoms with Crippen molar-refractivity contribution < 1.29 is 10.7 Å². The zero-order chi connectivity index (χ0) is 4.99. The van der Waals surface area contributed by atoms with E-state index in [1.807, 2.05) is 0 Å². The Labute approximate surface area is 50.4 Å². The first-order chi connectivity index (χ1) is 2.81. The van der Waals surface area contributed by atoms with Gasteiger partial charge in [0.2, 0.25) is 0 Å². The molecule has 6 heteroatoms. The molecule has 0 aliphatic heterocycles. The Morgan fingerprint density at radius 1 is 1.33 bits per heavy atom. The Hall–Kier alpha value is 1.02. The minimum absolute atomic E-state index is 2.68. The first-order valence-corrected chi connectivity index (χ1v) is 3.86. The van der Waals surface area contributed by atoms with Crippen LogP contribution in [-0.4, -0.2) is 19.8 Å². The molecule has 0 aliphatic carbocycles. The van der Waals surface area contributed by atoms with Crippen LogP contribution in [-0.2, 0) is 6.56 Å². The first-order valence-electron chi connectivity index (χ1n) is 0.874. The minimum atomic E-state index is -2.68. The van der Waals surface area contributed by atoms with Gasteiger partial charge in [-0.3, -0.25) is 0 Å². The van der Waals surface area contributed by atoms with E-state index in [4.69, 9.17) is 4.10 Å². The maximum absolute atomic E-state index is 8.10. The summed E-state index contributed by atoms with van der Waals surface area (Å²) in [5.41, 5.74) is 0. The molecule has 0 saturated carbocycles. The van der Waals surface area contributed by atoms with Crippen molar-refractivity contribution in [2.45, 2.75) is 0 Å². The Kier molecular flexibility index (Phi) is 4.89. The van der Waals surface area contributed by atoms with E-state index in [2.05, 4.69) is 30.3 Å². The van der Waals surface area contributed by atoms with Gasteiger partial charge < -0.3 is 0 Å². The molecule has 0 bridgehead atoms. The molecular weight excluding hydrogens is 194 g/mol. The molecule has 0 aromatic rings. The molecule has 0 fully saturated rings. The van der Waals surface area contributed by atoms with Crippen LogP contribution >= 0.6 is 23.7 Å². The molecule has 0 amide bonds. The van der Waals surface area contributed by atoms with Gasteiger partial charge in [0.15, 0.2) is 0 Å². The van der Waals surface area contributed by atoms with Gasteiger partial charge in [-0.25, -0.2) is 0 Å². The van der Waals surface area contributed by atoms with Crippen molar-refractivity contribution in [3.8, 4) is 0 Å². The predicted octanol–water partition coefficient (Wildman–Crippen LogP) is 0.304. The summed E-state index contributed by atoms with van der Waals surface area (Å²) < 4.78 is 15.5. The van der Waals surface area contributed by atoms with E-state index in [1.54, 1.807) is 0 Å². The van der Waals surface area contributed by atoms with E-state index in [9.17, 15) is 0 Å². The SMILES string of the molecule is O[As](OCl)OCl. The normalized spacial score (nSPS) is 10.0. The Morgan fingerprint density at radius 2 is 1.67 bits per heavy atom. The van der Waals surface area contributed by atoms with Crippen LogP contribution in [0.2, 0.25) is 0 Å². The van der Waals surface area contributed by atoms with Crippen molar-refractivity contribution in [2.75, 3.05) is 0 Å². The van der Waals surface area contributed by atoms with Gasteiger partial charge in [0, 0.05) is 0 Å². The molecule has 38 valence electrons. The van der Waals surface area contributed by atoms with Gasteiger partial charge >= 0.3 is 50.1 Å². The Balaban J connectivity index is 2.75. The van der Waals surface area contributed by atoms with Gasteiger partial charge in [-0.2, -0.15) is 0 Å². The van der Waals surface area contributed by atoms with Crippen LogP contribution in [0.1, 0.15) is 0 Å². The van der Waals surface area contributed by atoms with Crippen LogP contribution in [0.3, 0.4) is 0 Å². The van der Waals surface area contributed by atoms with Gasteiger partial charge in [0.05, 0.1) is 0 Å². The standard InChI is InChI=1S/AsCl2HO3/c2-5-1(4)6-3/h4H. The van der Waals surface area contributed by atoms with Gasteiger partial charge in [-0.05, 0) is 0 Å². The van der Waals surface area contributed by atoms with Crippen LogP contribution in [0.4, 0.5) is 0 Å². The van der Waals surface area contributed by atoms with Crippen LogP contribution in [0.15, 0.2) is 0 Å². The van der Waals surface area contributed by atoms with Crippen LogP contribution in [0.25, 0.3) is 0 Å². The number of halogens is 2. The molecule has 0 saturated heterocycles. The van der Waals surface area contributed by atoms with Gasteiger partial charge in [-0.1, -0.05) is 0 Å². The second kappa shape index (κ2) is 4.18. The summed E-state index contributed by atoms with van der Waals surface area (Å²) in [6, 6.07) is 0. The summed E-state index contributed by atoms with van der Waals surface area (Å²) in [6.45, 7) is 0. The van der Waals surface area contributed by atoms with Crippen molar-refractivity contribution in [3.63, 3.8) is 0 Å². The van der Waals surface area contributed by atoms with Gasteiger partial charge in [-0.15, -0.1) is 0 Å². The molecule has 0 aliphatic rings. The number of hydrogen-bond acceptors (Lipinski definition) is 3. The van der Waals surface area contributed by atoms with Gasteiger partial charge in [0.1, 0.15) is 0 Å². The van der Waals surface area contributed by atoms with E-state index in [0.29, 0.717) is 0 Å². The third kappa shape index (κ3) is 3.22. The number of hydrogen-bond donors (Lipinski definition) is 1. The summed E-state index contributed by atoms with van der Waals surface area (Å²) >= 11 is 6.43. The van der Waals surface area contributed by atoms with Gasteiger partial charge in [0.25, 0.3) is 0 Å². The van der Waals surface area contributed by atoms with E-state index < -0.39 is 15.7 Å². The molecule has 0 aromatic heterocycles. The fourth-order valence-electron chi connectivity index (χ4n) is 0.0106. The molecule has 3 nitrogen and oxygen atoms in total. The number of rotatable bonds is 2. The molecule has 0 atom stereocenters. The average Bonchev–Trinajstić information content (AvgIpc) is 1.65. The average molecular weight is 195 g/mol. The van der Waals surface area contributed by atoms with E-state index in [1.165, 1.54) is 0 Å². The second-order valence-corrected chi connectivity index (χ2v) is 3.39. The zero-order valence-electron chi connectivity index (χ0n) is 2.47. The van der Waals surface area contributed by atoms with Crippen LogP contribution < -0.4 is 0 Å². The molecule has 6 heavy (non-hydrogen) atoms. The summed E-state index contributed by atoms with van der Waals surface area (Å²) in [5, 5.41) is 0. The van der Waals surface area contributed by atoms with E-state index in [-0.39, 0.29) is 0 Å². The fourth-order valence-corrected chi connectivity index (χ4v) is 0.498. The maximum atomic E-state index is 8.10. The third-order valence-electron chi connectivity index (χ3n) is 0.118.